The lowest BCUT2D eigenvalue weighted by Gasteiger charge is -2.08. The van der Waals surface area contributed by atoms with Crippen molar-refractivity contribution in [1.82, 2.24) is 0 Å². The number of fused-ring (bicyclic) bond motifs is 1. The molecule has 2 aromatic carbocycles. The molecule has 19 heavy (non-hydrogen) atoms. The SMILES string of the molecule is Cc1c(-c2ccccc2)oc2c(C)cccc2c1=O. The Hall–Kier alpha value is -2.35. The molecule has 0 saturated carbocycles. The molecule has 0 amide bonds. The highest BCUT2D eigenvalue weighted by Gasteiger charge is 2.13. The summed E-state index contributed by atoms with van der Waals surface area (Å²) in [6.45, 7) is 3.77. The number of hydrogen-bond donors (Lipinski definition) is 0. The number of hydrogen-bond acceptors (Lipinski definition) is 2. The summed E-state index contributed by atoms with van der Waals surface area (Å²) >= 11 is 0. The van der Waals surface area contributed by atoms with Crippen molar-refractivity contribution in [2.75, 3.05) is 0 Å². The first-order chi connectivity index (χ1) is 9.18. The second-order valence-electron chi connectivity index (χ2n) is 4.70. The minimum Gasteiger partial charge on any atom is -0.455 e. The third-order valence-corrected chi connectivity index (χ3v) is 3.38. The quantitative estimate of drug-likeness (QED) is 0.651. The predicted molar refractivity (Wildman–Crippen MR) is 77.4 cm³/mol. The molecule has 0 aliphatic rings. The Labute approximate surface area is 111 Å². The van der Waals surface area contributed by atoms with Gasteiger partial charge >= 0.3 is 0 Å². The number of aryl methyl sites for hydroxylation is 1. The third kappa shape index (κ3) is 1.85. The van der Waals surface area contributed by atoms with Gasteiger partial charge in [0, 0.05) is 11.1 Å². The molecule has 2 heteroatoms. The van der Waals surface area contributed by atoms with Gasteiger partial charge in [-0.1, -0.05) is 42.5 Å². The normalized spacial score (nSPS) is 10.8. The van der Waals surface area contributed by atoms with Crippen LogP contribution < -0.4 is 5.43 Å². The van der Waals surface area contributed by atoms with Crippen LogP contribution in [0.2, 0.25) is 0 Å². The fraction of sp³-hybridized carbons (Fsp3) is 0.118. The van der Waals surface area contributed by atoms with Gasteiger partial charge in [0.25, 0.3) is 0 Å². The molecule has 0 spiro atoms. The van der Waals surface area contributed by atoms with E-state index in [1.54, 1.807) is 0 Å². The average Bonchev–Trinajstić information content (AvgIpc) is 2.44. The van der Waals surface area contributed by atoms with Gasteiger partial charge in [0.15, 0.2) is 5.43 Å². The van der Waals surface area contributed by atoms with Gasteiger partial charge in [-0.15, -0.1) is 0 Å². The predicted octanol–water partition coefficient (Wildman–Crippen LogP) is 4.08. The molecular formula is C17H14O2. The van der Waals surface area contributed by atoms with E-state index in [-0.39, 0.29) is 5.43 Å². The summed E-state index contributed by atoms with van der Waals surface area (Å²) in [5, 5.41) is 0.650. The monoisotopic (exact) mass is 250 g/mol. The van der Waals surface area contributed by atoms with Crippen LogP contribution in [0.1, 0.15) is 11.1 Å². The maximum absolute atomic E-state index is 12.4. The lowest BCUT2D eigenvalue weighted by molar-refractivity contribution is 0.611. The summed E-state index contributed by atoms with van der Waals surface area (Å²) in [7, 11) is 0. The second kappa shape index (κ2) is 4.39. The molecule has 94 valence electrons. The zero-order chi connectivity index (χ0) is 13.4. The van der Waals surface area contributed by atoms with Crippen LogP contribution in [-0.2, 0) is 0 Å². The Bertz CT molecular complexity index is 799. The summed E-state index contributed by atoms with van der Waals surface area (Å²) in [6.07, 6.45) is 0. The smallest absolute Gasteiger partial charge is 0.196 e. The minimum absolute atomic E-state index is 0.0452. The van der Waals surface area contributed by atoms with Crippen LogP contribution in [0.15, 0.2) is 57.7 Å². The van der Waals surface area contributed by atoms with Crippen molar-refractivity contribution < 1.29 is 4.42 Å². The summed E-state index contributed by atoms with van der Waals surface area (Å²) in [5.41, 5.74) is 3.29. The van der Waals surface area contributed by atoms with Gasteiger partial charge in [-0.05, 0) is 25.5 Å². The molecule has 0 aliphatic heterocycles. The van der Waals surface area contributed by atoms with Gasteiger partial charge in [0.1, 0.15) is 11.3 Å². The lowest BCUT2D eigenvalue weighted by atomic mass is 10.0. The Morgan fingerprint density at radius 3 is 2.37 bits per heavy atom. The van der Waals surface area contributed by atoms with Crippen LogP contribution in [0, 0.1) is 13.8 Å². The first-order valence-corrected chi connectivity index (χ1v) is 6.27. The van der Waals surface area contributed by atoms with Crippen molar-refractivity contribution in [1.29, 1.82) is 0 Å². The maximum atomic E-state index is 12.4. The molecule has 1 heterocycles. The Morgan fingerprint density at radius 2 is 1.63 bits per heavy atom. The van der Waals surface area contributed by atoms with Gasteiger partial charge in [0.2, 0.25) is 0 Å². The van der Waals surface area contributed by atoms with Crippen molar-refractivity contribution in [2.24, 2.45) is 0 Å². The standard InChI is InChI=1S/C17H14O2/c1-11-7-6-10-14-15(18)12(2)17(19-16(11)14)13-8-4-3-5-9-13/h3-10H,1-2H3. The van der Waals surface area contributed by atoms with Crippen molar-refractivity contribution in [3.05, 3.63) is 69.9 Å². The van der Waals surface area contributed by atoms with E-state index in [4.69, 9.17) is 4.42 Å². The van der Waals surface area contributed by atoms with Crippen LogP contribution in [0.5, 0.6) is 0 Å². The van der Waals surface area contributed by atoms with Crippen molar-refractivity contribution in [2.45, 2.75) is 13.8 Å². The topological polar surface area (TPSA) is 30.2 Å². The molecular weight excluding hydrogens is 236 g/mol. The zero-order valence-electron chi connectivity index (χ0n) is 10.9. The zero-order valence-corrected chi connectivity index (χ0v) is 10.9. The molecule has 0 unspecified atom stereocenters. The molecule has 0 radical (unpaired) electrons. The molecule has 0 atom stereocenters. The van der Waals surface area contributed by atoms with E-state index in [1.165, 1.54) is 0 Å². The Balaban J connectivity index is 2.42. The second-order valence-corrected chi connectivity index (χ2v) is 4.70. The van der Waals surface area contributed by atoms with Gasteiger partial charge in [0.05, 0.1) is 5.39 Å². The van der Waals surface area contributed by atoms with Gasteiger partial charge in [-0.2, -0.15) is 0 Å². The van der Waals surface area contributed by atoms with Crippen LogP contribution in [0.3, 0.4) is 0 Å². The van der Waals surface area contributed by atoms with E-state index in [0.717, 1.165) is 11.1 Å². The van der Waals surface area contributed by atoms with E-state index >= 15 is 0 Å². The van der Waals surface area contributed by atoms with Crippen molar-refractivity contribution in [3.8, 4) is 11.3 Å². The van der Waals surface area contributed by atoms with E-state index < -0.39 is 0 Å². The first-order valence-electron chi connectivity index (χ1n) is 6.27. The molecule has 0 saturated heterocycles. The van der Waals surface area contributed by atoms with E-state index in [2.05, 4.69) is 0 Å². The fourth-order valence-electron chi connectivity index (χ4n) is 2.32. The fourth-order valence-corrected chi connectivity index (χ4v) is 2.32. The molecule has 1 aromatic heterocycles. The molecule has 3 aromatic rings. The van der Waals surface area contributed by atoms with Gasteiger partial charge in [-0.25, -0.2) is 0 Å². The molecule has 0 aliphatic carbocycles. The third-order valence-electron chi connectivity index (χ3n) is 3.38. The number of para-hydroxylation sites is 1. The van der Waals surface area contributed by atoms with Gasteiger partial charge < -0.3 is 4.42 Å². The molecule has 0 N–H and O–H groups in total. The van der Waals surface area contributed by atoms with Crippen LogP contribution in [0.25, 0.3) is 22.3 Å². The van der Waals surface area contributed by atoms with Crippen molar-refractivity contribution >= 4 is 11.0 Å². The largest absolute Gasteiger partial charge is 0.455 e. The summed E-state index contributed by atoms with van der Waals surface area (Å²) in [4.78, 5) is 12.4. The summed E-state index contributed by atoms with van der Waals surface area (Å²) in [5.74, 6) is 0.660. The number of rotatable bonds is 1. The van der Waals surface area contributed by atoms with Crippen LogP contribution in [0.4, 0.5) is 0 Å². The first kappa shape index (κ1) is 11.7. The van der Waals surface area contributed by atoms with Crippen LogP contribution >= 0.6 is 0 Å². The lowest BCUT2D eigenvalue weighted by Crippen LogP contribution is -2.07. The van der Waals surface area contributed by atoms with Gasteiger partial charge in [-0.3, -0.25) is 4.79 Å². The van der Waals surface area contributed by atoms with E-state index in [1.807, 2.05) is 62.4 Å². The average molecular weight is 250 g/mol. The highest BCUT2D eigenvalue weighted by molar-refractivity contribution is 5.82. The van der Waals surface area contributed by atoms with E-state index in [9.17, 15) is 4.79 Å². The minimum atomic E-state index is 0.0452. The molecule has 3 rings (SSSR count). The van der Waals surface area contributed by atoms with Crippen molar-refractivity contribution in [3.63, 3.8) is 0 Å². The molecule has 0 fully saturated rings. The Morgan fingerprint density at radius 1 is 0.895 bits per heavy atom. The Kier molecular flexibility index (Phi) is 2.71. The molecule has 0 bridgehead atoms. The number of benzene rings is 2. The summed E-state index contributed by atoms with van der Waals surface area (Å²) < 4.78 is 5.99. The van der Waals surface area contributed by atoms with Crippen LogP contribution in [-0.4, -0.2) is 0 Å². The highest BCUT2D eigenvalue weighted by Crippen LogP contribution is 2.26. The highest BCUT2D eigenvalue weighted by atomic mass is 16.3. The van der Waals surface area contributed by atoms with E-state index in [0.29, 0.717) is 22.3 Å². The summed E-state index contributed by atoms with van der Waals surface area (Å²) in [6, 6.07) is 15.4. The maximum Gasteiger partial charge on any atom is 0.196 e. The molecule has 2 nitrogen and oxygen atoms in total.